The number of carbonyl (C=O) groups is 2. The Morgan fingerprint density at radius 3 is 2.59 bits per heavy atom. The van der Waals surface area contributed by atoms with Crippen LogP contribution in [0, 0.1) is 5.92 Å². The van der Waals surface area contributed by atoms with Gasteiger partial charge in [0.15, 0.2) is 0 Å². The number of rotatable bonds is 8. The van der Waals surface area contributed by atoms with E-state index in [-0.39, 0.29) is 29.9 Å². The number of ether oxygens (including phenoxy) is 1. The zero-order valence-corrected chi connectivity index (χ0v) is 27.5. The summed E-state index contributed by atoms with van der Waals surface area (Å²) in [5, 5.41) is 4.79. The van der Waals surface area contributed by atoms with Crippen LogP contribution in [0.15, 0.2) is 53.4 Å². The molecule has 1 amide bonds. The summed E-state index contributed by atoms with van der Waals surface area (Å²) in [6.45, 7) is 8.60. The van der Waals surface area contributed by atoms with Crippen molar-refractivity contribution >= 4 is 59.8 Å². The monoisotopic (exact) mass is 652 g/mol. The maximum atomic E-state index is 13.6. The summed E-state index contributed by atoms with van der Waals surface area (Å²) < 4.78 is 34.4. The van der Waals surface area contributed by atoms with E-state index in [0.717, 1.165) is 45.3 Å². The molecular formula is C32H36N4O5S3. The Kier molecular flexibility index (Phi) is 8.89. The topological polar surface area (TPSA) is 109 Å². The Bertz CT molecular complexity index is 1760. The minimum absolute atomic E-state index is 0.0917. The molecule has 1 unspecified atom stereocenters. The fraction of sp³-hybridized carbons (Fsp3) is 0.406. The van der Waals surface area contributed by atoms with Crippen molar-refractivity contribution in [3.63, 3.8) is 0 Å². The third kappa shape index (κ3) is 6.05. The van der Waals surface area contributed by atoms with Gasteiger partial charge in [-0.15, -0.1) is 22.7 Å². The van der Waals surface area contributed by atoms with Crippen LogP contribution in [-0.4, -0.2) is 66.8 Å². The normalized spacial score (nSPS) is 18.0. The number of amides is 1. The second kappa shape index (κ2) is 12.7. The first-order valence-corrected chi connectivity index (χ1v) is 18.1. The van der Waals surface area contributed by atoms with Gasteiger partial charge >= 0.3 is 5.97 Å². The van der Waals surface area contributed by atoms with Crippen LogP contribution in [0.4, 0.5) is 5.00 Å². The van der Waals surface area contributed by atoms with Gasteiger partial charge in [-0.1, -0.05) is 12.1 Å². The molecule has 0 radical (unpaired) electrons. The molecule has 0 spiro atoms. The Balaban J connectivity index is 1.25. The van der Waals surface area contributed by atoms with Crippen molar-refractivity contribution in [2.45, 2.75) is 57.5 Å². The molecule has 2 aliphatic rings. The molecule has 1 fully saturated rings. The highest BCUT2D eigenvalue weighted by Gasteiger charge is 2.34. The van der Waals surface area contributed by atoms with Crippen LogP contribution in [0.25, 0.3) is 20.8 Å². The van der Waals surface area contributed by atoms with Gasteiger partial charge in [0.2, 0.25) is 10.0 Å². The predicted molar refractivity (Wildman–Crippen MR) is 175 cm³/mol. The van der Waals surface area contributed by atoms with Crippen LogP contribution in [0.1, 0.15) is 54.4 Å². The van der Waals surface area contributed by atoms with Gasteiger partial charge in [0.1, 0.15) is 10.0 Å². The van der Waals surface area contributed by atoms with Crippen LogP contribution >= 0.6 is 22.7 Å². The molecule has 2 aromatic heterocycles. The second-order valence-electron chi connectivity index (χ2n) is 11.4. The lowest BCUT2D eigenvalue weighted by Gasteiger charge is -2.30. The van der Waals surface area contributed by atoms with Crippen molar-refractivity contribution < 1.29 is 22.7 Å². The van der Waals surface area contributed by atoms with E-state index in [1.54, 1.807) is 41.7 Å². The number of hydrogen-bond acceptors (Lipinski definition) is 9. The SMILES string of the molecule is CCOC(=O)C1CCCN(S(=O)(=O)c2ccc(C(=O)Nc3sc4c(c3-c3nc5ccccc5s3)CCN(C(C)C)C4)cc2)C1. The Morgan fingerprint density at radius 2 is 1.86 bits per heavy atom. The standard InChI is InChI=1S/C32H36N4O5S3/c1-4-41-32(38)22-8-7-16-36(18-22)44(39,40)23-13-11-21(12-14-23)29(37)34-31-28(30-33-25-9-5-6-10-26(25)42-30)24-15-17-35(20(2)3)19-27(24)43-31/h5-6,9-14,20,22H,4,7-8,15-19H2,1-3H3,(H,34,37). The number of fused-ring (bicyclic) bond motifs is 2. The molecule has 2 aromatic carbocycles. The van der Waals surface area contributed by atoms with E-state index in [4.69, 9.17) is 9.72 Å². The van der Waals surface area contributed by atoms with Gasteiger partial charge in [-0.05, 0) is 82.0 Å². The predicted octanol–water partition coefficient (Wildman–Crippen LogP) is 6.01. The number of thiazole rings is 1. The Hall–Kier alpha value is -3.16. The lowest BCUT2D eigenvalue weighted by Crippen LogP contribution is -2.42. The van der Waals surface area contributed by atoms with Gasteiger partial charge in [-0.25, -0.2) is 13.4 Å². The first-order valence-electron chi connectivity index (χ1n) is 15.0. The third-order valence-electron chi connectivity index (χ3n) is 8.31. The van der Waals surface area contributed by atoms with E-state index < -0.39 is 15.9 Å². The molecule has 9 nitrogen and oxygen atoms in total. The summed E-state index contributed by atoms with van der Waals surface area (Å²) in [6.07, 6.45) is 2.07. The average Bonchev–Trinajstić information content (AvgIpc) is 3.61. The van der Waals surface area contributed by atoms with E-state index in [0.29, 0.717) is 31.0 Å². The molecule has 6 rings (SSSR count). The van der Waals surface area contributed by atoms with Crippen molar-refractivity contribution in [1.82, 2.24) is 14.2 Å². The number of nitrogens with one attached hydrogen (secondary N) is 1. The first-order chi connectivity index (χ1) is 21.2. The Morgan fingerprint density at radius 1 is 1.09 bits per heavy atom. The number of hydrogen-bond donors (Lipinski definition) is 1. The molecule has 1 N–H and O–H groups in total. The molecule has 4 aromatic rings. The van der Waals surface area contributed by atoms with Crippen molar-refractivity contribution in [1.29, 1.82) is 0 Å². The van der Waals surface area contributed by atoms with E-state index in [1.807, 2.05) is 18.2 Å². The molecular weight excluding hydrogens is 617 g/mol. The molecule has 0 saturated carbocycles. The molecule has 12 heteroatoms. The summed E-state index contributed by atoms with van der Waals surface area (Å²) in [6, 6.07) is 14.5. The van der Waals surface area contributed by atoms with Crippen molar-refractivity contribution in [2.75, 3.05) is 31.6 Å². The summed E-state index contributed by atoms with van der Waals surface area (Å²) in [5.74, 6) is -1.15. The molecule has 0 bridgehead atoms. The van der Waals surface area contributed by atoms with Gasteiger partial charge in [0.25, 0.3) is 5.91 Å². The van der Waals surface area contributed by atoms with Crippen molar-refractivity contribution in [2.24, 2.45) is 5.92 Å². The third-order valence-corrected chi connectivity index (χ3v) is 12.4. The van der Waals surface area contributed by atoms with Gasteiger partial charge in [0, 0.05) is 48.2 Å². The maximum Gasteiger partial charge on any atom is 0.310 e. The molecule has 0 aliphatic carbocycles. The minimum atomic E-state index is -3.83. The summed E-state index contributed by atoms with van der Waals surface area (Å²) in [7, 11) is -3.83. The number of piperidine rings is 1. The summed E-state index contributed by atoms with van der Waals surface area (Å²) in [4.78, 5) is 34.5. The fourth-order valence-electron chi connectivity index (χ4n) is 5.87. The van der Waals surface area contributed by atoms with E-state index >= 15 is 0 Å². The lowest BCUT2D eigenvalue weighted by atomic mass is 10.0. The van der Waals surface area contributed by atoms with Crippen LogP contribution in [0.2, 0.25) is 0 Å². The molecule has 232 valence electrons. The number of anilines is 1. The van der Waals surface area contributed by atoms with Crippen LogP contribution in [0.5, 0.6) is 0 Å². The van der Waals surface area contributed by atoms with Gasteiger partial charge in [0.05, 0.1) is 27.6 Å². The molecule has 4 heterocycles. The van der Waals surface area contributed by atoms with E-state index in [9.17, 15) is 18.0 Å². The zero-order valence-electron chi connectivity index (χ0n) is 25.0. The van der Waals surface area contributed by atoms with Crippen molar-refractivity contribution in [3.05, 3.63) is 64.5 Å². The van der Waals surface area contributed by atoms with Crippen LogP contribution in [0.3, 0.4) is 0 Å². The van der Waals surface area contributed by atoms with Gasteiger partial charge < -0.3 is 10.1 Å². The molecule has 1 atom stereocenters. The summed E-state index contributed by atoms with van der Waals surface area (Å²) in [5.41, 5.74) is 3.52. The highest BCUT2D eigenvalue weighted by atomic mass is 32.2. The zero-order chi connectivity index (χ0) is 31.0. The number of aromatic nitrogens is 1. The van der Waals surface area contributed by atoms with Crippen LogP contribution < -0.4 is 5.32 Å². The fourth-order valence-corrected chi connectivity index (χ4v) is 9.78. The second-order valence-corrected chi connectivity index (χ2v) is 15.5. The van der Waals surface area contributed by atoms with Crippen molar-refractivity contribution in [3.8, 4) is 10.6 Å². The highest BCUT2D eigenvalue weighted by molar-refractivity contribution is 7.89. The number of thiophene rings is 1. The van der Waals surface area contributed by atoms with Gasteiger partial charge in [-0.3, -0.25) is 14.5 Å². The van der Waals surface area contributed by atoms with E-state index in [2.05, 4.69) is 30.1 Å². The average molecular weight is 653 g/mol. The van der Waals surface area contributed by atoms with E-state index in [1.165, 1.54) is 26.9 Å². The number of benzene rings is 2. The largest absolute Gasteiger partial charge is 0.466 e. The minimum Gasteiger partial charge on any atom is -0.466 e. The van der Waals surface area contributed by atoms with Crippen LogP contribution in [-0.2, 0) is 32.5 Å². The smallest absolute Gasteiger partial charge is 0.310 e. The summed E-state index contributed by atoms with van der Waals surface area (Å²) >= 11 is 3.22. The number of sulfonamides is 1. The maximum absolute atomic E-state index is 13.6. The quantitative estimate of drug-likeness (QED) is 0.232. The number of esters is 1. The van der Waals surface area contributed by atoms with Gasteiger partial charge in [-0.2, -0.15) is 4.31 Å². The number of carbonyl (C=O) groups excluding carboxylic acids is 2. The first kappa shape index (κ1) is 30.8. The highest BCUT2D eigenvalue weighted by Crippen LogP contribution is 2.46. The number of para-hydroxylation sites is 1. The Labute approximate surface area is 265 Å². The number of nitrogens with zero attached hydrogens (tertiary/aromatic N) is 3. The molecule has 1 saturated heterocycles. The molecule has 2 aliphatic heterocycles. The molecule has 44 heavy (non-hydrogen) atoms. The lowest BCUT2D eigenvalue weighted by molar-refractivity contribution is -0.149.